The normalized spacial score (nSPS) is 14.1. The van der Waals surface area contributed by atoms with Crippen LogP contribution in [0.15, 0.2) is 41.2 Å². The second-order valence-electron chi connectivity index (χ2n) is 7.65. The summed E-state index contributed by atoms with van der Waals surface area (Å²) in [4.78, 5) is 30.2. The number of hydrogen-bond donors (Lipinski definition) is 1. The molecule has 0 aliphatic carbocycles. The quantitative estimate of drug-likeness (QED) is 0.734. The minimum atomic E-state index is -0.262. The number of amides is 1. The fourth-order valence-electron chi connectivity index (χ4n) is 3.84. The standard InChI is InChI=1S/C23H24FN3O2/c1-15-12-16(7-10-19(15)24)14-25-22(28)17-8-9-18-20(13-17)26-21-6-4-2-3-5-11-27(21)23(18)29/h7-10,12-13H,2-6,11,14H2,1H3,(H,25,28). The lowest BCUT2D eigenvalue weighted by Gasteiger charge is -2.16. The molecule has 0 atom stereocenters. The molecule has 4 rings (SSSR count). The van der Waals surface area contributed by atoms with E-state index in [0.717, 1.165) is 43.5 Å². The Morgan fingerprint density at radius 3 is 2.79 bits per heavy atom. The molecule has 0 radical (unpaired) electrons. The smallest absolute Gasteiger partial charge is 0.261 e. The maximum absolute atomic E-state index is 13.4. The first-order valence-electron chi connectivity index (χ1n) is 10.1. The van der Waals surface area contributed by atoms with Crippen LogP contribution < -0.4 is 10.9 Å². The molecule has 29 heavy (non-hydrogen) atoms. The van der Waals surface area contributed by atoms with Crippen LogP contribution in [-0.4, -0.2) is 15.5 Å². The fourth-order valence-corrected chi connectivity index (χ4v) is 3.84. The van der Waals surface area contributed by atoms with Gasteiger partial charge in [-0.2, -0.15) is 0 Å². The largest absolute Gasteiger partial charge is 0.348 e. The first-order valence-corrected chi connectivity index (χ1v) is 10.1. The molecule has 0 spiro atoms. The van der Waals surface area contributed by atoms with E-state index in [9.17, 15) is 14.0 Å². The SMILES string of the molecule is Cc1cc(CNC(=O)c2ccc3c(=O)n4c(nc3c2)CCCCCC4)ccc1F. The van der Waals surface area contributed by atoms with Crippen molar-refractivity contribution in [1.29, 1.82) is 0 Å². The van der Waals surface area contributed by atoms with Gasteiger partial charge in [-0.3, -0.25) is 14.2 Å². The third-order valence-corrected chi connectivity index (χ3v) is 5.50. The average molecular weight is 393 g/mol. The summed E-state index contributed by atoms with van der Waals surface area (Å²) in [7, 11) is 0. The van der Waals surface area contributed by atoms with Crippen molar-refractivity contribution in [2.75, 3.05) is 0 Å². The average Bonchev–Trinajstić information content (AvgIpc) is 2.70. The topological polar surface area (TPSA) is 64.0 Å². The molecular weight excluding hydrogens is 369 g/mol. The van der Waals surface area contributed by atoms with Gasteiger partial charge in [-0.05, 0) is 55.2 Å². The van der Waals surface area contributed by atoms with Crippen LogP contribution in [0.5, 0.6) is 0 Å². The highest BCUT2D eigenvalue weighted by atomic mass is 19.1. The summed E-state index contributed by atoms with van der Waals surface area (Å²) in [6.45, 7) is 2.70. The van der Waals surface area contributed by atoms with Crippen LogP contribution in [-0.2, 0) is 19.5 Å². The molecule has 0 fully saturated rings. The van der Waals surface area contributed by atoms with Crippen LogP contribution in [0.4, 0.5) is 4.39 Å². The number of nitrogens with zero attached hydrogens (tertiary/aromatic N) is 2. The number of nitrogens with one attached hydrogen (secondary N) is 1. The Kier molecular flexibility index (Phi) is 5.43. The molecule has 1 aliphatic rings. The van der Waals surface area contributed by atoms with E-state index in [4.69, 9.17) is 4.98 Å². The van der Waals surface area contributed by atoms with Crippen LogP contribution >= 0.6 is 0 Å². The molecular formula is C23H24FN3O2. The summed E-state index contributed by atoms with van der Waals surface area (Å²) >= 11 is 0. The number of aromatic nitrogens is 2. The van der Waals surface area contributed by atoms with Gasteiger partial charge in [0.15, 0.2) is 0 Å². The van der Waals surface area contributed by atoms with Crippen molar-refractivity contribution in [3.05, 3.63) is 75.1 Å². The Morgan fingerprint density at radius 1 is 1.14 bits per heavy atom. The molecule has 0 bridgehead atoms. The van der Waals surface area contributed by atoms with Gasteiger partial charge in [0.25, 0.3) is 11.5 Å². The van der Waals surface area contributed by atoms with Crippen LogP contribution in [0.1, 0.15) is 53.0 Å². The van der Waals surface area contributed by atoms with Gasteiger partial charge in [0.1, 0.15) is 11.6 Å². The summed E-state index contributed by atoms with van der Waals surface area (Å²) in [6, 6.07) is 9.81. The van der Waals surface area contributed by atoms with Gasteiger partial charge in [-0.25, -0.2) is 9.37 Å². The lowest BCUT2D eigenvalue weighted by Crippen LogP contribution is -2.27. The minimum Gasteiger partial charge on any atom is -0.348 e. The van der Waals surface area contributed by atoms with Gasteiger partial charge in [0.05, 0.1) is 10.9 Å². The lowest BCUT2D eigenvalue weighted by atomic mass is 10.1. The molecule has 1 aromatic heterocycles. The van der Waals surface area contributed by atoms with Crippen molar-refractivity contribution in [2.45, 2.75) is 52.1 Å². The highest BCUT2D eigenvalue weighted by Gasteiger charge is 2.15. The van der Waals surface area contributed by atoms with Crippen LogP contribution in [0.2, 0.25) is 0 Å². The zero-order valence-electron chi connectivity index (χ0n) is 16.5. The summed E-state index contributed by atoms with van der Waals surface area (Å²) in [5.74, 6) is 0.297. The molecule has 0 unspecified atom stereocenters. The van der Waals surface area contributed by atoms with Crippen molar-refractivity contribution in [1.82, 2.24) is 14.9 Å². The van der Waals surface area contributed by atoms with Crippen LogP contribution in [0.25, 0.3) is 10.9 Å². The maximum Gasteiger partial charge on any atom is 0.261 e. The highest BCUT2D eigenvalue weighted by Crippen LogP contribution is 2.17. The van der Waals surface area contributed by atoms with E-state index in [1.807, 2.05) is 0 Å². The monoisotopic (exact) mass is 393 g/mol. The fraction of sp³-hybridized carbons (Fsp3) is 0.348. The number of aryl methyl sites for hydroxylation is 2. The van der Waals surface area contributed by atoms with Gasteiger partial charge in [-0.15, -0.1) is 0 Å². The molecule has 5 nitrogen and oxygen atoms in total. The predicted octanol–water partition coefficient (Wildman–Crippen LogP) is 3.89. The summed E-state index contributed by atoms with van der Waals surface area (Å²) in [6.07, 6.45) is 5.08. The molecule has 0 saturated carbocycles. The Bertz CT molecular complexity index is 1140. The Balaban J connectivity index is 1.59. The van der Waals surface area contributed by atoms with Crippen molar-refractivity contribution < 1.29 is 9.18 Å². The zero-order valence-corrected chi connectivity index (χ0v) is 16.5. The molecule has 6 heteroatoms. The minimum absolute atomic E-state index is 0.0272. The Hall–Kier alpha value is -3.02. The zero-order chi connectivity index (χ0) is 20.4. The molecule has 150 valence electrons. The molecule has 0 saturated heterocycles. The first kappa shape index (κ1) is 19.3. The van der Waals surface area contributed by atoms with Crippen LogP contribution in [0, 0.1) is 12.7 Å². The van der Waals surface area contributed by atoms with Gasteiger partial charge < -0.3 is 5.32 Å². The van der Waals surface area contributed by atoms with Gasteiger partial charge in [-0.1, -0.05) is 25.0 Å². The number of carbonyl (C=O) groups is 1. The van der Waals surface area contributed by atoms with Crippen molar-refractivity contribution in [2.24, 2.45) is 0 Å². The number of fused-ring (bicyclic) bond motifs is 2. The molecule has 3 aromatic rings. The molecule has 2 heterocycles. The molecule has 1 aliphatic heterocycles. The predicted molar refractivity (Wildman–Crippen MR) is 110 cm³/mol. The number of hydrogen-bond acceptors (Lipinski definition) is 3. The van der Waals surface area contributed by atoms with E-state index in [2.05, 4.69) is 5.32 Å². The van der Waals surface area contributed by atoms with E-state index < -0.39 is 0 Å². The summed E-state index contributed by atoms with van der Waals surface area (Å²) in [5, 5.41) is 3.39. The van der Waals surface area contributed by atoms with Gasteiger partial charge >= 0.3 is 0 Å². The van der Waals surface area contributed by atoms with Crippen LogP contribution in [0.3, 0.4) is 0 Å². The summed E-state index contributed by atoms with van der Waals surface area (Å²) < 4.78 is 15.2. The van der Waals surface area contributed by atoms with Gasteiger partial charge in [0.2, 0.25) is 0 Å². The van der Waals surface area contributed by atoms with E-state index in [-0.39, 0.29) is 17.3 Å². The van der Waals surface area contributed by atoms with E-state index in [1.165, 1.54) is 6.07 Å². The lowest BCUT2D eigenvalue weighted by molar-refractivity contribution is 0.0951. The number of carbonyl (C=O) groups excluding carboxylic acids is 1. The third-order valence-electron chi connectivity index (χ3n) is 5.50. The highest BCUT2D eigenvalue weighted by molar-refractivity contribution is 5.97. The molecule has 1 N–H and O–H groups in total. The first-order chi connectivity index (χ1) is 14.0. The van der Waals surface area contributed by atoms with Crippen molar-refractivity contribution >= 4 is 16.8 Å². The molecule has 2 aromatic carbocycles. The number of benzene rings is 2. The van der Waals surface area contributed by atoms with Crippen molar-refractivity contribution in [3.8, 4) is 0 Å². The van der Waals surface area contributed by atoms with Crippen molar-refractivity contribution in [3.63, 3.8) is 0 Å². The maximum atomic E-state index is 13.4. The summed E-state index contributed by atoms with van der Waals surface area (Å²) in [5.41, 5.74) is 2.37. The second-order valence-corrected chi connectivity index (χ2v) is 7.65. The molecule has 1 amide bonds. The third kappa shape index (κ3) is 4.06. The van der Waals surface area contributed by atoms with Gasteiger partial charge in [0, 0.05) is 25.1 Å². The van der Waals surface area contributed by atoms with E-state index >= 15 is 0 Å². The number of halogens is 1. The number of rotatable bonds is 3. The second kappa shape index (κ2) is 8.15. The van der Waals surface area contributed by atoms with E-state index in [0.29, 0.717) is 35.1 Å². The van der Waals surface area contributed by atoms with E-state index in [1.54, 1.807) is 41.8 Å². The Labute approximate surface area is 168 Å². The Morgan fingerprint density at radius 2 is 1.97 bits per heavy atom.